The number of benzene rings is 2. The fourth-order valence-electron chi connectivity index (χ4n) is 3.33. The molecule has 0 saturated carbocycles. The van der Waals surface area contributed by atoms with Crippen molar-refractivity contribution in [3.05, 3.63) is 70.7 Å². The van der Waals surface area contributed by atoms with Gasteiger partial charge in [-0.2, -0.15) is 0 Å². The minimum Gasteiger partial charge on any atom is -0.497 e. The highest BCUT2D eigenvalue weighted by atomic mass is 32.1. The largest absolute Gasteiger partial charge is 0.497 e. The zero-order chi connectivity index (χ0) is 21.1. The number of ether oxygens (including phenoxy) is 2. The van der Waals surface area contributed by atoms with E-state index in [1.165, 1.54) is 11.3 Å². The molecule has 2 aromatic heterocycles. The molecule has 0 spiro atoms. The number of nitrogens with one attached hydrogen (secondary N) is 1. The lowest BCUT2D eigenvalue weighted by Crippen LogP contribution is -2.07. The summed E-state index contributed by atoms with van der Waals surface area (Å²) in [4.78, 5) is 18.5. The van der Waals surface area contributed by atoms with E-state index in [1.54, 1.807) is 14.0 Å². The molecule has 2 heterocycles. The van der Waals surface area contributed by atoms with Crippen molar-refractivity contribution < 1.29 is 14.3 Å². The Hall–Kier alpha value is -3.32. The van der Waals surface area contributed by atoms with E-state index >= 15 is 0 Å². The fraction of sp³-hybridized carbons (Fsp3) is 0.217. The number of hydrogen-bond acceptors (Lipinski definition) is 6. The predicted molar refractivity (Wildman–Crippen MR) is 120 cm³/mol. The van der Waals surface area contributed by atoms with Gasteiger partial charge in [-0.15, -0.1) is 0 Å². The summed E-state index contributed by atoms with van der Waals surface area (Å²) in [7, 11) is 1.65. The summed E-state index contributed by atoms with van der Waals surface area (Å²) in [6.07, 6.45) is 0. The molecule has 2 aromatic carbocycles. The molecule has 0 radical (unpaired) electrons. The Labute approximate surface area is 179 Å². The Balaban J connectivity index is 1.80. The van der Waals surface area contributed by atoms with E-state index in [0.29, 0.717) is 18.0 Å². The van der Waals surface area contributed by atoms with E-state index in [-0.39, 0.29) is 5.97 Å². The van der Waals surface area contributed by atoms with Crippen LogP contribution in [0, 0.1) is 6.92 Å². The Morgan fingerprint density at radius 3 is 2.53 bits per heavy atom. The van der Waals surface area contributed by atoms with Gasteiger partial charge in [-0.05, 0) is 43.7 Å². The van der Waals surface area contributed by atoms with Crippen LogP contribution in [0.2, 0.25) is 0 Å². The van der Waals surface area contributed by atoms with Crippen LogP contribution < -0.4 is 10.1 Å². The van der Waals surface area contributed by atoms with Gasteiger partial charge in [0.25, 0.3) is 0 Å². The van der Waals surface area contributed by atoms with Crippen LogP contribution >= 0.6 is 11.3 Å². The number of anilines is 1. The molecule has 0 fully saturated rings. The normalized spacial score (nSPS) is 10.9. The van der Waals surface area contributed by atoms with E-state index in [1.807, 2.05) is 53.8 Å². The number of rotatable bonds is 7. The third-order valence-electron chi connectivity index (χ3n) is 4.83. The highest BCUT2D eigenvalue weighted by molar-refractivity contribution is 7.19. The first kappa shape index (κ1) is 20.0. The third-order valence-corrected chi connectivity index (χ3v) is 5.95. The van der Waals surface area contributed by atoms with Crippen LogP contribution in [0.25, 0.3) is 16.2 Å². The Morgan fingerprint density at radius 1 is 1.13 bits per heavy atom. The lowest BCUT2D eigenvalue weighted by molar-refractivity contribution is 0.0531. The van der Waals surface area contributed by atoms with Gasteiger partial charge in [0.1, 0.15) is 22.1 Å². The number of aryl methyl sites for hydroxylation is 1. The summed E-state index contributed by atoms with van der Waals surface area (Å²) in [5.74, 6) is 1.33. The molecule has 7 heteroatoms. The molecule has 4 rings (SSSR count). The summed E-state index contributed by atoms with van der Waals surface area (Å²) >= 11 is 1.34. The lowest BCUT2D eigenvalue weighted by Gasteiger charge is -2.10. The highest BCUT2D eigenvalue weighted by Crippen LogP contribution is 2.35. The van der Waals surface area contributed by atoms with Crippen LogP contribution in [-0.4, -0.2) is 29.1 Å². The Bertz CT molecular complexity index is 1160. The van der Waals surface area contributed by atoms with Gasteiger partial charge in [0, 0.05) is 17.8 Å². The molecule has 0 atom stereocenters. The molecule has 0 saturated heterocycles. The number of carbonyl (C=O) groups excluding carboxylic acids is 1. The van der Waals surface area contributed by atoms with Gasteiger partial charge in [0.2, 0.25) is 0 Å². The van der Waals surface area contributed by atoms with Crippen molar-refractivity contribution in [2.75, 3.05) is 19.0 Å². The molecule has 0 unspecified atom stereocenters. The zero-order valence-corrected chi connectivity index (χ0v) is 18.0. The molecule has 0 aliphatic heterocycles. The summed E-state index contributed by atoms with van der Waals surface area (Å²) < 4.78 is 12.5. The van der Waals surface area contributed by atoms with Gasteiger partial charge in [-0.1, -0.05) is 41.7 Å². The second-order valence-corrected chi connectivity index (χ2v) is 7.71. The SMILES string of the molecule is CCOC(=O)c1sc2nc(-c3ccc(OC)cc3)c(NCc3ccccc3)n2c1C. The average Bonchev–Trinajstić information content (AvgIpc) is 3.30. The molecule has 1 N–H and O–H groups in total. The van der Waals surface area contributed by atoms with Gasteiger partial charge in [-0.3, -0.25) is 4.40 Å². The van der Waals surface area contributed by atoms with Crippen molar-refractivity contribution in [2.45, 2.75) is 20.4 Å². The number of hydrogen-bond donors (Lipinski definition) is 1. The predicted octanol–water partition coefficient (Wildman–Crippen LogP) is 5.17. The van der Waals surface area contributed by atoms with Crippen LogP contribution in [0.3, 0.4) is 0 Å². The summed E-state index contributed by atoms with van der Waals surface area (Å²) in [5.41, 5.74) is 3.78. The first-order valence-electron chi connectivity index (χ1n) is 9.73. The molecule has 0 aliphatic rings. The Kier molecular flexibility index (Phi) is 5.72. The molecule has 0 aliphatic carbocycles. The molecule has 4 aromatic rings. The maximum absolute atomic E-state index is 12.4. The second-order valence-electron chi connectivity index (χ2n) is 6.73. The number of fused-ring (bicyclic) bond motifs is 1. The molecule has 6 nitrogen and oxygen atoms in total. The summed E-state index contributed by atoms with van der Waals surface area (Å²) in [6, 6.07) is 18.0. The molecular weight excluding hydrogens is 398 g/mol. The van der Waals surface area contributed by atoms with Crippen molar-refractivity contribution >= 4 is 28.1 Å². The van der Waals surface area contributed by atoms with Crippen molar-refractivity contribution in [3.63, 3.8) is 0 Å². The van der Waals surface area contributed by atoms with Crippen LogP contribution in [0.5, 0.6) is 5.75 Å². The molecule has 154 valence electrons. The summed E-state index contributed by atoms with van der Waals surface area (Å²) in [6.45, 7) is 4.71. The second kappa shape index (κ2) is 8.59. The smallest absolute Gasteiger partial charge is 0.350 e. The molecule has 0 amide bonds. The van der Waals surface area contributed by atoms with Crippen LogP contribution in [0.1, 0.15) is 27.9 Å². The zero-order valence-electron chi connectivity index (χ0n) is 17.1. The molecular formula is C23H23N3O3S. The van der Waals surface area contributed by atoms with E-state index in [2.05, 4.69) is 17.4 Å². The first-order valence-corrected chi connectivity index (χ1v) is 10.5. The van der Waals surface area contributed by atoms with Gasteiger partial charge >= 0.3 is 5.97 Å². The maximum atomic E-state index is 12.4. The van der Waals surface area contributed by atoms with Crippen molar-refractivity contribution in [3.8, 4) is 17.0 Å². The number of methoxy groups -OCH3 is 1. The van der Waals surface area contributed by atoms with Crippen LogP contribution in [-0.2, 0) is 11.3 Å². The van der Waals surface area contributed by atoms with Gasteiger partial charge in [0.15, 0.2) is 4.96 Å². The standard InChI is InChI=1S/C23H23N3O3S/c1-4-29-22(27)20-15(2)26-21(24-14-16-8-6-5-7-9-16)19(25-23(26)30-20)17-10-12-18(28-3)13-11-17/h5-13,24H,4,14H2,1-3H3. The van der Waals surface area contributed by atoms with Crippen molar-refractivity contribution in [1.82, 2.24) is 9.38 Å². The molecule has 30 heavy (non-hydrogen) atoms. The van der Waals surface area contributed by atoms with Crippen molar-refractivity contribution in [2.24, 2.45) is 0 Å². The van der Waals surface area contributed by atoms with Gasteiger partial charge in [0.05, 0.1) is 13.7 Å². The number of carbonyl (C=O) groups is 1. The van der Waals surface area contributed by atoms with E-state index in [4.69, 9.17) is 14.5 Å². The maximum Gasteiger partial charge on any atom is 0.350 e. The van der Waals surface area contributed by atoms with E-state index in [0.717, 1.165) is 39.0 Å². The quantitative estimate of drug-likeness (QED) is 0.417. The van der Waals surface area contributed by atoms with Gasteiger partial charge in [-0.25, -0.2) is 9.78 Å². The van der Waals surface area contributed by atoms with E-state index < -0.39 is 0 Å². The summed E-state index contributed by atoms with van der Waals surface area (Å²) in [5, 5.41) is 3.53. The average molecular weight is 422 g/mol. The highest BCUT2D eigenvalue weighted by Gasteiger charge is 2.23. The van der Waals surface area contributed by atoms with Crippen LogP contribution in [0.4, 0.5) is 5.82 Å². The number of aromatic nitrogens is 2. The molecule has 0 bridgehead atoms. The Morgan fingerprint density at radius 2 is 1.87 bits per heavy atom. The topological polar surface area (TPSA) is 64.9 Å². The number of imidazole rings is 1. The van der Waals surface area contributed by atoms with Crippen LogP contribution in [0.15, 0.2) is 54.6 Å². The van der Waals surface area contributed by atoms with Gasteiger partial charge < -0.3 is 14.8 Å². The monoisotopic (exact) mass is 421 g/mol. The minimum atomic E-state index is -0.314. The number of thiazole rings is 1. The fourth-order valence-corrected chi connectivity index (χ4v) is 4.35. The number of esters is 1. The van der Waals surface area contributed by atoms with Crippen molar-refractivity contribution in [1.29, 1.82) is 0 Å². The minimum absolute atomic E-state index is 0.314. The first-order chi connectivity index (χ1) is 14.6. The van der Waals surface area contributed by atoms with E-state index in [9.17, 15) is 4.79 Å². The number of nitrogens with zero attached hydrogens (tertiary/aromatic N) is 2. The third kappa shape index (κ3) is 3.76. The lowest BCUT2D eigenvalue weighted by atomic mass is 10.1.